The minimum atomic E-state index is 1.18. The lowest BCUT2D eigenvalue weighted by atomic mass is 10.1. The SMILES string of the molecule is CCCCCCCCCCCCc1n(CCCCCCCC)cc[n+]1CCC. The molecule has 0 atom stereocenters. The summed E-state index contributed by atoms with van der Waals surface area (Å²) in [6.45, 7) is 9.29. The number of aromatic nitrogens is 2. The summed E-state index contributed by atoms with van der Waals surface area (Å²) >= 11 is 0. The van der Waals surface area contributed by atoms with Gasteiger partial charge in [-0.1, -0.05) is 104 Å². The van der Waals surface area contributed by atoms with Gasteiger partial charge in [-0.2, -0.15) is 0 Å². The van der Waals surface area contributed by atoms with Crippen LogP contribution in [0.4, 0.5) is 0 Å². The maximum Gasteiger partial charge on any atom is 0.256 e. The van der Waals surface area contributed by atoms with Crippen molar-refractivity contribution in [2.45, 2.75) is 149 Å². The minimum absolute atomic E-state index is 1.18. The standard InChI is InChI=1S/C26H51N2/c1-4-7-9-11-13-14-15-16-17-19-21-26-27(22-6-3)24-25-28(26)23-20-18-12-10-8-5-2/h24-25H,4-23H2,1-3H3/q+1. The van der Waals surface area contributed by atoms with Gasteiger partial charge in [-0.15, -0.1) is 0 Å². The van der Waals surface area contributed by atoms with Crippen molar-refractivity contribution in [1.82, 2.24) is 4.57 Å². The second-order valence-corrected chi connectivity index (χ2v) is 8.80. The summed E-state index contributed by atoms with van der Waals surface area (Å²) in [4.78, 5) is 0. The first-order chi connectivity index (χ1) is 13.8. The zero-order valence-corrected chi connectivity index (χ0v) is 19.7. The fourth-order valence-corrected chi connectivity index (χ4v) is 4.27. The van der Waals surface area contributed by atoms with Crippen LogP contribution < -0.4 is 4.57 Å². The summed E-state index contributed by atoms with van der Waals surface area (Å²) < 4.78 is 5.08. The molecule has 1 aromatic rings. The number of rotatable bonds is 20. The Morgan fingerprint density at radius 2 is 1.11 bits per heavy atom. The topological polar surface area (TPSA) is 8.81 Å². The molecule has 0 aromatic carbocycles. The normalized spacial score (nSPS) is 11.4. The highest BCUT2D eigenvalue weighted by atomic mass is 15.1. The average molecular weight is 392 g/mol. The van der Waals surface area contributed by atoms with E-state index in [4.69, 9.17) is 0 Å². The number of aryl methyl sites for hydroxylation is 2. The van der Waals surface area contributed by atoms with Gasteiger partial charge in [-0.25, -0.2) is 9.13 Å². The molecule has 1 rings (SSSR count). The molecule has 2 heteroatoms. The van der Waals surface area contributed by atoms with Crippen molar-refractivity contribution in [3.8, 4) is 0 Å². The molecule has 1 heterocycles. The van der Waals surface area contributed by atoms with Gasteiger partial charge >= 0.3 is 0 Å². The van der Waals surface area contributed by atoms with Crippen LogP contribution >= 0.6 is 0 Å². The number of hydrogen-bond donors (Lipinski definition) is 0. The highest BCUT2D eigenvalue weighted by Crippen LogP contribution is 2.13. The molecule has 0 bridgehead atoms. The van der Waals surface area contributed by atoms with E-state index in [-0.39, 0.29) is 0 Å². The smallest absolute Gasteiger partial charge is 0.234 e. The molecular formula is C26H51N2+. The van der Waals surface area contributed by atoms with Gasteiger partial charge < -0.3 is 0 Å². The first-order valence-electron chi connectivity index (χ1n) is 12.9. The van der Waals surface area contributed by atoms with Gasteiger partial charge in [-0.05, 0) is 25.7 Å². The fourth-order valence-electron chi connectivity index (χ4n) is 4.27. The molecule has 0 aliphatic heterocycles. The quantitative estimate of drug-likeness (QED) is 0.157. The van der Waals surface area contributed by atoms with E-state index >= 15 is 0 Å². The Balaban J connectivity index is 2.23. The van der Waals surface area contributed by atoms with Crippen LogP contribution in [-0.2, 0) is 19.5 Å². The predicted octanol–water partition coefficient (Wildman–Crippen LogP) is 8.01. The Hall–Kier alpha value is -0.790. The number of nitrogens with zero attached hydrogens (tertiary/aromatic N) is 2. The number of hydrogen-bond acceptors (Lipinski definition) is 0. The van der Waals surface area contributed by atoms with Gasteiger partial charge in [0.25, 0.3) is 5.82 Å². The van der Waals surface area contributed by atoms with Crippen LogP contribution in [0.25, 0.3) is 0 Å². The molecule has 2 nitrogen and oxygen atoms in total. The highest BCUT2D eigenvalue weighted by Gasteiger charge is 2.15. The van der Waals surface area contributed by atoms with Crippen molar-refractivity contribution in [3.05, 3.63) is 18.2 Å². The molecule has 0 radical (unpaired) electrons. The molecule has 0 N–H and O–H groups in total. The van der Waals surface area contributed by atoms with E-state index in [2.05, 4.69) is 42.3 Å². The van der Waals surface area contributed by atoms with E-state index < -0.39 is 0 Å². The van der Waals surface area contributed by atoms with Crippen LogP contribution in [0.2, 0.25) is 0 Å². The van der Waals surface area contributed by atoms with Crippen molar-refractivity contribution >= 4 is 0 Å². The van der Waals surface area contributed by atoms with Crippen molar-refractivity contribution in [1.29, 1.82) is 0 Å². The molecule has 0 spiro atoms. The first kappa shape index (κ1) is 25.2. The summed E-state index contributed by atoms with van der Waals surface area (Å²) in [7, 11) is 0. The first-order valence-corrected chi connectivity index (χ1v) is 12.9. The van der Waals surface area contributed by atoms with Crippen molar-refractivity contribution in [2.24, 2.45) is 0 Å². The average Bonchev–Trinajstić information content (AvgIpc) is 3.08. The molecule has 0 fully saturated rings. The van der Waals surface area contributed by atoms with Crippen molar-refractivity contribution < 1.29 is 4.57 Å². The lowest BCUT2D eigenvalue weighted by Gasteiger charge is -2.06. The zero-order chi connectivity index (χ0) is 20.3. The Kier molecular flexibility index (Phi) is 16.5. The maximum absolute atomic E-state index is 2.56. The Bertz CT molecular complexity index is 449. The van der Waals surface area contributed by atoms with Crippen LogP contribution in [0.3, 0.4) is 0 Å². The van der Waals surface area contributed by atoms with Gasteiger partial charge in [0, 0.05) is 6.42 Å². The molecule has 1 aromatic heterocycles. The van der Waals surface area contributed by atoms with Crippen molar-refractivity contribution in [2.75, 3.05) is 0 Å². The molecule has 0 saturated heterocycles. The molecule has 164 valence electrons. The second-order valence-electron chi connectivity index (χ2n) is 8.80. The summed E-state index contributed by atoms with van der Waals surface area (Å²) in [6, 6.07) is 0. The van der Waals surface area contributed by atoms with E-state index in [1.807, 2.05) is 0 Å². The van der Waals surface area contributed by atoms with Gasteiger partial charge in [0.2, 0.25) is 0 Å². The van der Waals surface area contributed by atoms with Gasteiger partial charge in [0.15, 0.2) is 0 Å². The fraction of sp³-hybridized carbons (Fsp3) is 0.885. The molecule has 0 saturated carbocycles. The summed E-state index contributed by atoms with van der Waals surface area (Å²) in [5.41, 5.74) is 0. The number of imidazole rings is 1. The van der Waals surface area contributed by atoms with Crippen LogP contribution in [0, 0.1) is 0 Å². The Morgan fingerprint density at radius 1 is 0.607 bits per heavy atom. The van der Waals surface area contributed by atoms with Crippen LogP contribution in [0.15, 0.2) is 12.4 Å². The molecule has 0 aliphatic carbocycles. The van der Waals surface area contributed by atoms with Gasteiger partial charge in [-0.3, -0.25) is 0 Å². The monoisotopic (exact) mass is 391 g/mol. The maximum atomic E-state index is 2.56. The van der Waals surface area contributed by atoms with E-state index in [0.717, 1.165) is 0 Å². The molecule has 28 heavy (non-hydrogen) atoms. The lowest BCUT2D eigenvalue weighted by molar-refractivity contribution is -0.703. The van der Waals surface area contributed by atoms with Gasteiger partial charge in [0.1, 0.15) is 12.4 Å². The summed E-state index contributed by atoms with van der Waals surface area (Å²) in [5, 5.41) is 0. The van der Waals surface area contributed by atoms with Crippen LogP contribution in [-0.4, -0.2) is 4.57 Å². The second kappa shape index (κ2) is 18.3. The highest BCUT2D eigenvalue weighted by molar-refractivity contribution is 4.84. The zero-order valence-electron chi connectivity index (χ0n) is 19.7. The van der Waals surface area contributed by atoms with Crippen LogP contribution in [0.5, 0.6) is 0 Å². The Labute approximate surface area is 177 Å². The third-order valence-electron chi connectivity index (χ3n) is 6.06. The largest absolute Gasteiger partial charge is 0.256 e. The molecule has 0 unspecified atom stereocenters. The number of unbranched alkanes of at least 4 members (excludes halogenated alkanes) is 14. The third-order valence-corrected chi connectivity index (χ3v) is 6.06. The molecule has 0 amide bonds. The summed E-state index contributed by atoms with van der Waals surface area (Å²) in [5.74, 6) is 1.58. The van der Waals surface area contributed by atoms with Crippen molar-refractivity contribution in [3.63, 3.8) is 0 Å². The lowest BCUT2D eigenvalue weighted by Crippen LogP contribution is -2.37. The van der Waals surface area contributed by atoms with E-state index in [1.165, 1.54) is 129 Å². The van der Waals surface area contributed by atoms with E-state index in [1.54, 1.807) is 5.82 Å². The Morgan fingerprint density at radius 3 is 1.64 bits per heavy atom. The van der Waals surface area contributed by atoms with Crippen LogP contribution in [0.1, 0.15) is 136 Å². The molecule has 0 aliphatic rings. The van der Waals surface area contributed by atoms with Gasteiger partial charge in [0.05, 0.1) is 13.1 Å². The molecular weight excluding hydrogens is 340 g/mol. The van der Waals surface area contributed by atoms with E-state index in [9.17, 15) is 0 Å². The minimum Gasteiger partial charge on any atom is -0.234 e. The van der Waals surface area contributed by atoms with E-state index in [0.29, 0.717) is 0 Å². The third kappa shape index (κ3) is 11.9. The predicted molar refractivity (Wildman–Crippen MR) is 124 cm³/mol. The summed E-state index contributed by atoms with van der Waals surface area (Å²) in [6.07, 6.45) is 29.7.